The highest BCUT2D eigenvalue weighted by molar-refractivity contribution is 9.09. The zero-order chi connectivity index (χ0) is 22.3. The Balaban J connectivity index is 1.50. The zero-order valence-electron chi connectivity index (χ0n) is 16.7. The van der Waals surface area contributed by atoms with E-state index in [2.05, 4.69) is 15.9 Å². The molecule has 0 aromatic heterocycles. The predicted molar refractivity (Wildman–Crippen MR) is 111 cm³/mol. The Labute approximate surface area is 187 Å². The Morgan fingerprint density at radius 2 is 1.45 bits per heavy atom. The van der Waals surface area contributed by atoms with Crippen LogP contribution in [0.4, 0.5) is 14.0 Å². The molecule has 7 nitrogen and oxygen atoms in total. The van der Waals surface area contributed by atoms with E-state index in [0.717, 1.165) is 11.1 Å². The fourth-order valence-electron chi connectivity index (χ4n) is 2.93. The number of hydrogen-bond acceptors (Lipinski definition) is 7. The van der Waals surface area contributed by atoms with Crippen LogP contribution in [0.3, 0.4) is 0 Å². The highest BCUT2D eigenvalue weighted by Gasteiger charge is 2.56. The molecule has 166 valence electrons. The van der Waals surface area contributed by atoms with E-state index in [-0.39, 0.29) is 19.8 Å². The number of benzene rings is 2. The first-order valence-electron chi connectivity index (χ1n) is 9.55. The van der Waals surface area contributed by atoms with Gasteiger partial charge in [-0.25, -0.2) is 14.0 Å². The lowest BCUT2D eigenvalue weighted by Crippen LogP contribution is -2.44. The van der Waals surface area contributed by atoms with Gasteiger partial charge < -0.3 is 23.7 Å². The quantitative estimate of drug-likeness (QED) is 0.397. The molecule has 1 aliphatic rings. The molecule has 2 aromatic carbocycles. The molecule has 31 heavy (non-hydrogen) atoms. The minimum atomic E-state index is -2.08. The molecule has 9 heteroatoms. The van der Waals surface area contributed by atoms with Gasteiger partial charge in [-0.3, -0.25) is 0 Å². The van der Waals surface area contributed by atoms with Crippen LogP contribution in [0, 0.1) is 0 Å². The van der Waals surface area contributed by atoms with Gasteiger partial charge in [0.05, 0.1) is 0 Å². The molecule has 3 rings (SSSR count). The molecule has 0 aliphatic carbocycles. The maximum atomic E-state index is 15.1. The number of rotatable bonds is 7. The SMILES string of the molecule is C[C@@]1(F)[C@H](OC(=O)OCc2ccccc2)[C@@H](COC(=O)OCc2ccccc2)O[C@@H]1Br. The molecule has 0 amide bonds. The minimum absolute atomic E-state index is 0.0266. The molecule has 1 saturated heterocycles. The lowest BCUT2D eigenvalue weighted by Gasteiger charge is -2.25. The van der Waals surface area contributed by atoms with Crippen molar-refractivity contribution in [3.63, 3.8) is 0 Å². The van der Waals surface area contributed by atoms with Crippen LogP contribution in [0.2, 0.25) is 0 Å². The van der Waals surface area contributed by atoms with Crippen LogP contribution in [-0.2, 0) is 36.9 Å². The van der Waals surface area contributed by atoms with E-state index in [1.807, 2.05) is 24.3 Å². The number of ether oxygens (including phenoxy) is 5. The molecule has 4 atom stereocenters. The van der Waals surface area contributed by atoms with Gasteiger partial charge in [0.2, 0.25) is 0 Å². The summed E-state index contributed by atoms with van der Waals surface area (Å²) >= 11 is 3.07. The van der Waals surface area contributed by atoms with Crippen LogP contribution >= 0.6 is 15.9 Å². The van der Waals surface area contributed by atoms with Gasteiger partial charge >= 0.3 is 12.3 Å². The lowest BCUT2D eigenvalue weighted by molar-refractivity contribution is -0.0595. The number of hydrogen-bond donors (Lipinski definition) is 0. The van der Waals surface area contributed by atoms with Gasteiger partial charge in [0.15, 0.2) is 16.8 Å². The van der Waals surface area contributed by atoms with E-state index in [1.54, 1.807) is 36.4 Å². The average Bonchev–Trinajstić information content (AvgIpc) is 2.99. The van der Waals surface area contributed by atoms with Crippen molar-refractivity contribution in [3.05, 3.63) is 71.8 Å². The van der Waals surface area contributed by atoms with E-state index in [0.29, 0.717) is 0 Å². The second-order valence-corrected chi connectivity index (χ2v) is 7.87. The second kappa shape index (κ2) is 10.6. The van der Waals surface area contributed by atoms with E-state index >= 15 is 4.39 Å². The summed E-state index contributed by atoms with van der Waals surface area (Å²) in [4.78, 5) is 24.0. The highest BCUT2D eigenvalue weighted by atomic mass is 79.9. The van der Waals surface area contributed by atoms with Crippen molar-refractivity contribution >= 4 is 28.2 Å². The Kier molecular flexibility index (Phi) is 7.86. The molecule has 0 spiro atoms. The van der Waals surface area contributed by atoms with Gasteiger partial charge in [0, 0.05) is 0 Å². The maximum absolute atomic E-state index is 15.1. The number of carbonyl (C=O) groups is 2. The van der Waals surface area contributed by atoms with Crippen molar-refractivity contribution < 1.29 is 37.7 Å². The fourth-order valence-corrected chi connectivity index (χ4v) is 3.47. The zero-order valence-corrected chi connectivity index (χ0v) is 18.3. The van der Waals surface area contributed by atoms with Crippen molar-refractivity contribution in [3.8, 4) is 0 Å². The highest BCUT2D eigenvalue weighted by Crippen LogP contribution is 2.40. The van der Waals surface area contributed by atoms with Gasteiger partial charge in [0.25, 0.3) is 0 Å². The standard InChI is InChI=1S/C22H22BrFO7/c1-22(24)18(31-21(26)28-13-16-10-6-3-7-11-16)17(30-19(22)23)14-29-20(25)27-12-15-8-4-2-5-9-15/h2-11,17-19H,12-14H2,1H3/t17-,18-,19+,22-/m1/s1. The number of halogens is 2. The Bertz CT molecular complexity index is 863. The summed E-state index contributed by atoms with van der Waals surface area (Å²) in [7, 11) is 0. The normalized spacial score (nSPS) is 24.9. The van der Waals surface area contributed by atoms with Gasteiger partial charge in [-0.1, -0.05) is 76.6 Å². The summed E-state index contributed by atoms with van der Waals surface area (Å²) in [5.41, 5.74) is -0.534. The molecule has 1 aliphatic heterocycles. The van der Waals surface area contributed by atoms with Crippen molar-refractivity contribution in [1.29, 1.82) is 0 Å². The summed E-state index contributed by atoms with van der Waals surface area (Å²) in [5.74, 6) is 0. The van der Waals surface area contributed by atoms with Gasteiger partial charge in [-0.05, 0) is 18.1 Å². The maximum Gasteiger partial charge on any atom is 0.509 e. The minimum Gasteiger partial charge on any atom is -0.431 e. The predicted octanol–water partition coefficient (Wildman–Crippen LogP) is 4.91. The monoisotopic (exact) mass is 496 g/mol. The van der Waals surface area contributed by atoms with Crippen molar-refractivity contribution in [1.82, 2.24) is 0 Å². The largest absolute Gasteiger partial charge is 0.509 e. The lowest BCUT2D eigenvalue weighted by atomic mass is 10.0. The van der Waals surface area contributed by atoms with Crippen molar-refractivity contribution in [2.45, 2.75) is 43.0 Å². The first-order valence-corrected chi connectivity index (χ1v) is 10.5. The molecule has 0 unspecified atom stereocenters. The number of carbonyl (C=O) groups excluding carboxylic acids is 2. The summed E-state index contributed by atoms with van der Waals surface area (Å²) in [6, 6.07) is 18.0. The topological polar surface area (TPSA) is 80.3 Å². The smallest absolute Gasteiger partial charge is 0.431 e. The van der Waals surface area contributed by atoms with E-state index < -0.39 is 35.2 Å². The average molecular weight is 497 g/mol. The fraction of sp³-hybridized carbons (Fsp3) is 0.364. The van der Waals surface area contributed by atoms with E-state index in [4.69, 9.17) is 23.7 Å². The molecular weight excluding hydrogens is 475 g/mol. The molecule has 1 heterocycles. The van der Waals surface area contributed by atoms with E-state index in [1.165, 1.54) is 6.92 Å². The molecule has 2 aromatic rings. The van der Waals surface area contributed by atoms with Crippen LogP contribution in [-0.4, -0.2) is 41.8 Å². The van der Waals surface area contributed by atoms with Gasteiger partial charge in [-0.15, -0.1) is 0 Å². The molecule has 0 bridgehead atoms. The molecule has 1 fully saturated rings. The van der Waals surface area contributed by atoms with Crippen LogP contribution in [0.1, 0.15) is 18.1 Å². The molecular formula is C22H22BrFO7. The first kappa shape index (κ1) is 23.0. The summed E-state index contributed by atoms with van der Waals surface area (Å²) in [6.45, 7) is 0.848. The van der Waals surface area contributed by atoms with Gasteiger partial charge in [-0.2, -0.15) is 0 Å². The Morgan fingerprint density at radius 3 is 2.00 bits per heavy atom. The third-order valence-corrected chi connectivity index (χ3v) is 5.73. The van der Waals surface area contributed by atoms with Crippen molar-refractivity contribution in [2.75, 3.05) is 6.61 Å². The van der Waals surface area contributed by atoms with Crippen molar-refractivity contribution in [2.24, 2.45) is 0 Å². The summed E-state index contributed by atoms with van der Waals surface area (Å²) in [5, 5.41) is -1.07. The number of alkyl halides is 2. The van der Waals surface area contributed by atoms with Gasteiger partial charge in [0.1, 0.15) is 25.9 Å². The van der Waals surface area contributed by atoms with Crippen LogP contribution in [0.15, 0.2) is 60.7 Å². The second-order valence-electron chi connectivity index (χ2n) is 7.04. The summed E-state index contributed by atoms with van der Waals surface area (Å²) in [6.07, 6.45) is -4.41. The van der Waals surface area contributed by atoms with Crippen LogP contribution < -0.4 is 0 Å². The third-order valence-electron chi connectivity index (χ3n) is 4.62. The third kappa shape index (κ3) is 6.41. The molecule has 0 N–H and O–H groups in total. The summed E-state index contributed by atoms with van der Waals surface area (Å²) < 4.78 is 40.8. The van der Waals surface area contributed by atoms with Crippen LogP contribution in [0.25, 0.3) is 0 Å². The Morgan fingerprint density at radius 1 is 0.935 bits per heavy atom. The molecule has 0 radical (unpaired) electrons. The molecule has 0 saturated carbocycles. The first-order chi connectivity index (χ1) is 14.9. The van der Waals surface area contributed by atoms with Crippen LogP contribution in [0.5, 0.6) is 0 Å². The Hall–Kier alpha value is -2.65. The van der Waals surface area contributed by atoms with E-state index in [9.17, 15) is 9.59 Å².